The van der Waals surface area contributed by atoms with Gasteiger partial charge in [0.15, 0.2) is 0 Å². The Bertz CT molecular complexity index is 285. The first-order valence-electron chi connectivity index (χ1n) is 2.72. The summed E-state index contributed by atoms with van der Waals surface area (Å²) in [7, 11) is 0. The van der Waals surface area contributed by atoms with E-state index in [1.165, 1.54) is 6.20 Å². The summed E-state index contributed by atoms with van der Waals surface area (Å²) >= 11 is 0. The lowest BCUT2D eigenvalue weighted by Gasteiger charge is -1.98. The third-order valence-electron chi connectivity index (χ3n) is 1.16. The van der Waals surface area contributed by atoms with Crippen LogP contribution < -0.4 is 11.5 Å². The van der Waals surface area contributed by atoms with E-state index in [1.807, 2.05) is 0 Å². The van der Waals surface area contributed by atoms with Crippen LogP contribution in [0.5, 0.6) is 0 Å². The van der Waals surface area contributed by atoms with Crippen molar-refractivity contribution in [2.75, 3.05) is 11.5 Å². The predicted octanol–water partition coefficient (Wildman–Crippen LogP) is 0.227. The lowest BCUT2D eigenvalue weighted by molar-refractivity contribution is 1.29. The van der Waals surface area contributed by atoms with Crippen molar-refractivity contribution in [3.05, 3.63) is 18.0 Å². The van der Waals surface area contributed by atoms with Crippen molar-refractivity contribution in [1.82, 2.24) is 4.98 Å². The van der Waals surface area contributed by atoms with Crippen molar-refractivity contribution in [3.8, 4) is 12.3 Å². The summed E-state index contributed by atoms with van der Waals surface area (Å²) in [6.45, 7) is 0. The molecule has 0 unspecified atom stereocenters. The van der Waals surface area contributed by atoms with Gasteiger partial charge in [0.1, 0.15) is 5.69 Å². The van der Waals surface area contributed by atoms with Crippen LogP contribution >= 0.6 is 0 Å². The maximum atomic E-state index is 5.46. The molecule has 0 saturated carbocycles. The van der Waals surface area contributed by atoms with Crippen molar-refractivity contribution in [1.29, 1.82) is 0 Å². The molecule has 1 aromatic rings. The number of nitrogens with two attached hydrogens (primary N) is 2. The fourth-order valence-electron chi connectivity index (χ4n) is 0.603. The molecule has 0 atom stereocenters. The first-order valence-corrected chi connectivity index (χ1v) is 2.72. The fraction of sp³-hybridized carbons (Fsp3) is 0. The molecular formula is C7H7N3. The molecule has 0 aliphatic carbocycles. The van der Waals surface area contributed by atoms with Crippen LogP contribution in [0, 0.1) is 12.3 Å². The minimum Gasteiger partial charge on any atom is -0.397 e. The van der Waals surface area contributed by atoms with Gasteiger partial charge in [0.05, 0.1) is 11.4 Å². The van der Waals surface area contributed by atoms with E-state index < -0.39 is 0 Å². The highest BCUT2D eigenvalue weighted by molar-refractivity contribution is 5.68. The van der Waals surface area contributed by atoms with Crippen LogP contribution in [0.25, 0.3) is 0 Å². The summed E-state index contributed by atoms with van der Waals surface area (Å²) in [4.78, 5) is 3.82. The average molecular weight is 133 g/mol. The zero-order valence-corrected chi connectivity index (χ0v) is 5.33. The number of nitrogens with zero attached hydrogens (tertiary/aromatic N) is 1. The van der Waals surface area contributed by atoms with E-state index in [0.29, 0.717) is 17.1 Å². The molecule has 3 nitrogen and oxygen atoms in total. The predicted molar refractivity (Wildman–Crippen MR) is 41.0 cm³/mol. The summed E-state index contributed by atoms with van der Waals surface area (Å²) < 4.78 is 0. The van der Waals surface area contributed by atoms with Gasteiger partial charge in [0.2, 0.25) is 0 Å². The van der Waals surface area contributed by atoms with Crippen molar-refractivity contribution in [2.45, 2.75) is 0 Å². The maximum Gasteiger partial charge on any atom is 0.137 e. The summed E-state index contributed by atoms with van der Waals surface area (Å²) in [6, 6.07) is 1.61. The highest BCUT2D eigenvalue weighted by atomic mass is 14.8. The average Bonchev–Trinajstić information content (AvgIpc) is 1.95. The van der Waals surface area contributed by atoms with Crippen molar-refractivity contribution >= 4 is 11.4 Å². The third kappa shape index (κ3) is 0.869. The molecule has 3 heteroatoms. The zero-order valence-electron chi connectivity index (χ0n) is 5.33. The Morgan fingerprint density at radius 2 is 2.20 bits per heavy atom. The Hall–Kier alpha value is -1.69. The molecule has 0 bridgehead atoms. The second-order valence-corrected chi connectivity index (χ2v) is 1.81. The third-order valence-corrected chi connectivity index (χ3v) is 1.16. The van der Waals surface area contributed by atoms with Gasteiger partial charge in [0.25, 0.3) is 0 Å². The molecule has 1 aromatic heterocycles. The number of aromatic nitrogens is 1. The number of nitrogen functional groups attached to an aromatic ring is 2. The number of rotatable bonds is 0. The number of anilines is 2. The highest BCUT2D eigenvalue weighted by Crippen LogP contribution is 2.14. The van der Waals surface area contributed by atoms with Crippen LogP contribution in [0.1, 0.15) is 5.69 Å². The Morgan fingerprint density at radius 3 is 2.70 bits per heavy atom. The van der Waals surface area contributed by atoms with E-state index in [0.717, 1.165) is 0 Å². The minimum absolute atomic E-state index is 0.380. The highest BCUT2D eigenvalue weighted by Gasteiger charge is 1.98. The number of pyridine rings is 1. The Kier molecular flexibility index (Phi) is 1.46. The van der Waals surface area contributed by atoms with E-state index in [9.17, 15) is 0 Å². The second-order valence-electron chi connectivity index (χ2n) is 1.81. The summed E-state index contributed by atoms with van der Waals surface area (Å²) in [5.41, 5.74) is 12.2. The molecular weight excluding hydrogens is 126 g/mol. The van der Waals surface area contributed by atoms with Crippen LogP contribution in [0.15, 0.2) is 12.3 Å². The molecule has 1 rings (SSSR count). The first-order chi connectivity index (χ1) is 4.75. The number of terminal acetylenes is 1. The van der Waals surface area contributed by atoms with Crippen molar-refractivity contribution in [2.24, 2.45) is 0 Å². The fourth-order valence-corrected chi connectivity index (χ4v) is 0.603. The topological polar surface area (TPSA) is 64.9 Å². The van der Waals surface area contributed by atoms with Gasteiger partial charge in [-0.05, 0) is 12.0 Å². The molecule has 0 spiro atoms. The van der Waals surface area contributed by atoms with E-state index >= 15 is 0 Å². The Labute approximate surface area is 59.1 Å². The minimum atomic E-state index is 0.380. The normalized spacial score (nSPS) is 8.70. The molecule has 0 aliphatic rings. The second kappa shape index (κ2) is 2.28. The maximum absolute atomic E-state index is 5.46. The summed E-state index contributed by atoms with van der Waals surface area (Å²) in [6.07, 6.45) is 6.60. The molecule has 50 valence electrons. The van der Waals surface area contributed by atoms with E-state index in [-0.39, 0.29) is 0 Å². The SMILES string of the molecule is C#Cc1nccc(N)c1N. The van der Waals surface area contributed by atoms with Crippen molar-refractivity contribution in [3.63, 3.8) is 0 Å². The molecule has 0 saturated heterocycles. The lowest BCUT2D eigenvalue weighted by Crippen LogP contribution is -1.98. The van der Waals surface area contributed by atoms with Gasteiger partial charge >= 0.3 is 0 Å². The van der Waals surface area contributed by atoms with E-state index in [2.05, 4.69) is 10.9 Å². The largest absolute Gasteiger partial charge is 0.397 e. The molecule has 0 aromatic carbocycles. The van der Waals surface area contributed by atoms with Gasteiger partial charge in [-0.1, -0.05) is 0 Å². The zero-order chi connectivity index (χ0) is 7.56. The summed E-state index contributed by atoms with van der Waals surface area (Å²) in [5.74, 6) is 2.32. The van der Waals surface area contributed by atoms with Crippen LogP contribution in [0.3, 0.4) is 0 Å². The smallest absolute Gasteiger partial charge is 0.137 e. The number of hydrogen-bond donors (Lipinski definition) is 2. The molecule has 0 amide bonds. The molecule has 0 aliphatic heterocycles. The molecule has 10 heavy (non-hydrogen) atoms. The molecule has 1 heterocycles. The van der Waals surface area contributed by atoms with Crippen LogP contribution in [-0.2, 0) is 0 Å². The molecule has 0 fully saturated rings. The van der Waals surface area contributed by atoms with Crippen LogP contribution in [0.4, 0.5) is 11.4 Å². The van der Waals surface area contributed by atoms with Crippen molar-refractivity contribution < 1.29 is 0 Å². The molecule has 0 radical (unpaired) electrons. The Morgan fingerprint density at radius 1 is 1.50 bits per heavy atom. The van der Waals surface area contributed by atoms with E-state index in [4.69, 9.17) is 17.9 Å². The van der Waals surface area contributed by atoms with Gasteiger partial charge in [-0.25, -0.2) is 4.98 Å². The molecule has 4 N–H and O–H groups in total. The monoisotopic (exact) mass is 133 g/mol. The quantitative estimate of drug-likeness (QED) is 0.498. The van der Waals surface area contributed by atoms with Gasteiger partial charge in [-0.3, -0.25) is 0 Å². The van der Waals surface area contributed by atoms with Gasteiger partial charge in [-0.15, -0.1) is 6.42 Å². The van der Waals surface area contributed by atoms with Gasteiger partial charge in [0, 0.05) is 6.20 Å². The summed E-state index contributed by atoms with van der Waals surface area (Å²) in [5, 5.41) is 0. The van der Waals surface area contributed by atoms with Crippen LogP contribution in [0.2, 0.25) is 0 Å². The van der Waals surface area contributed by atoms with Gasteiger partial charge in [-0.2, -0.15) is 0 Å². The van der Waals surface area contributed by atoms with Crippen LogP contribution in [-0.4, -0.2) is 4.98 Å². The van der Waals surface area contributed by atoms with E-state index in [1.54, 1.807) is 6.07 Å². The first kappa shape index (κ1) is 6.43. The lowest BCUT2D eigenvalue weighted by atomic mass is 10.3. The number of hydrogen-bond acceptors (Lipinski definition) is 3. The Balaban J connectivity index is 3.31. The van der Waals surface area contributed by atoms with Gasteiger partial charge < -0.3 is 11.5 Å². The standard InChI is InChI=1S/C7H7N3/c1-2-6-7(9)5(8)3-4-10-6/h1,3-4H,9H2,(H2,8,10).